The van der Waals surface area contributed by atoms with Crippen LogP contribution in [0.1, 0.15) is 52.7 Å². The van der Waals surface area contributed by atoms with Crippen LogP contribution in [0.4, 0.5) is 29.5 Å². The first-order valence-corrected chi connectivity index (χ1v) is 15.6. The number of rotatable bonds is 8. The third-order valence-corrected chi connectivity index (χ3v) is 9.08. The second-order valence-electron chi connectivity index (χ2n) is 11.2. The van der Waals surface area contributed by atoms with Crippen molar-refractivity contribution in [2.75, 3.05) is 16.7 Å². The number of carbonyl (C=O) groups excluding carboxylic acids is 1. The van der Waals surface area contributed by atoms with Gasteiger partial charge in [-0.05, 0) is 82.2 Å². The van der Waals surface area contributed by atoms with E-state index < -0.39 is 48.5 Å². The molecule has 41 heavy (non-hydrogen) atoms. The number of nitrogens with one attached hydrogen (secondary N) is 1. The van der Waals surface area contributed by atoms with Gasteiger partial charge in [0, 0.05) is 29.6 Å². The molecule has 2 aromatic carbocycles. The summed E-state index contributed by atoms with van der Waals surface area (Å²) in [6.45, 7) is 10.8. The van der Waals surface area contributed by atoms with E-state index in [4.69, 9.17) is 4.74 Å². The van der Waals surface area contributed by atoms with E-state index in [-0.39, 0.29) is 33.5 Å². The number of anilines is 2. The smallest absolute Gasteiger partial charge is 0.430 e. The molecule has 0 bridgehead atoms. The molecule has 1 aromatic heterocycles. The van der Waals surface area contributed by atoms with Crippen molar-refractivity contribution in [2.45, 2.75) is 70.7 Å². The minimum atomic E-state index is -5.17. The number of hydrogen-bond acceptors (Lipinski definition) is 8. The third kappa shape index (κ3) is 7.59. The third-order valence-electron chi connectivity index (χ3n) is 6.03. The Morgan fingerprint density at radius 2 is 1.78 bits per heavy atom. The Bertz CT molecular complexity index is 1520. The zero-order valence-electron chi connectivity index (χ0n) is 23.7. The fraction of sp³-hybridized carbons (Fsp3) is 0.407. The second kappa shape index (κ2) is 12.3. The number of nitrogens with zero attached hydrogens (tertiary/aromatic N) is 3. The number of benzene rings is 2. The van der Waals surface area contributed by atoms with Crippen LogP contribution in [0.3, 0.4) is 0 Å². The summed E-state index contributed by atoms with van der Waals surface area (Å²) < 4.78 is 77.8. The van der Waals surface area contributed by atoms with E-state index >= 15 is 8.78 Å². The molecule has 0 aliphatic heterocycles. The van der Waals surface area contributed by atoms with Gasteiger partial charge in [0.2, 0.25) is 0 Å². The monoisotopic (exact) mass is 676 g/mol. The minimum absolute atomic E-state index is 0.118. The van der Waals surface area contributed by atoms with E-state index in [9.17, 15) is 17.6 Å². The molecule has 0 aliphatic rings. The largest absolute Gasteiger partial charge is 0.443 e. The highest BCUT2D eigenvalue weighted by Gasteiger charge is 2.40. The number of carbonyl (C=O) groups is 1. The van der Waals surface area contributed by atoms with Gasteiger partial charge in [-0.15, -0.1) is 15.6 Å². The van der Waals surface area contributed by atoms with E-state index in [1.54, 1.807) is 12.1 Å². The lowest BCUT2D eigenvalue weighted by Gasteiger charge is -2.32. The van der Waals surface area contributed by atoms with Crippen molar-refractivity contribution in [1.82, 2.24) is 9.88 Å². The highest BCUT2D eigenvalue weighted by molar-refractivity contribution is 9.10. The van der Waals surface area contributed by atoms with Crippen LogP contribution < -0.4 is 9.62 Å². The summed E-state index contributed by atoms with van der Waals surface area (Å²) in [5.41, 5.74) is 0.748. The summed E-state index contributed by atoms with van der Waals surface area (Å²) in [5.74, 6) is -3.85. The standard InChI is InChI=1S/C27H32BrF3N4O4S2/c1-26(2,3)34(7)13-16-9-8-10-18(29)17(16)12-32-20-11-19(30)24(23(31)22(20)28)41(37,38)35(21-14-40-15-33-21)25(36)39-27(4,5)6/h8-11,14-15,32H,12-13H2,1-7H3. The quantitative estimate of drug-likeness (QED) is 0.251. The summed E-state index contributed by atoms with van der Waals surface area (Å²) in [5, 5.41) is 4.02. The summed E-state index contributed by atoms with van der Waals surface area (Å²) >= 11 is 3.97. The van der Waals surface area contributed by atoms with Crippen molar-refractivity contribution in [1.29, 1.82) is 0 Å². The van der Waals surface area contributed by atoms with Crippen LogP contribution in [0.25, 0.3) is 0 Å². The van der Waals surface area contributed by atoms with Crippen LogP contribution in [-0.2, 0) is 27.8 Å². The highest BCUT2D eigenvalue weighted by atomic mass is 79.9. The molecule has 0 spiro atoms. The van der Waals surface area contributed by atoms with Crippen LogP contribution >= 0.6 is 27.3 Å². The van der Waals surface area contributed by atoms with E-state index in [0.717, 1.165) is 17.4 Å². The molecule has 0 saturated carbocycles. The van der Waals surface area contributed by atoms with Gasteiger partial charge in [0.1, 0.15) is 17.2 Å². The van der Waals surface area contributed by atoms with Gasteiger partial charge in [0.25, 0.3) is 10.0 Å². The normalized spacial score (nSPS) is 12.5. The van der Waals surface area contributed by atoms with Gasteiger partial charge in [-0.25, -0.2) is 31.4 Å². The van der Waals surface area contributed by atoms with Crippen LogP contribution in [0.2, 0.25) is 0 Å². The molecule has 14 heteroatoms. The zero-order chi connectivity index (χ0) is 30.9. The van der Waals surface area contributed by atoms with Gasteiger partial charge in [-0.1, -0.05) is 12.1 Å². The molecule has 0 saturated heterocycles. The molecule has 0 fully saturated rings. The average molecular weight is 678 g/mol. The molecule has 3 rings (SSSR count). The fourth-order valence-electron chi connectivity index (χ4n) is 3.59. The Kier molecular flexibility index (Phi) is 9.83. The van der Waals surface area contributed by atoms with Gasteiger partial charge in [-0.2, -0.15) is 0 Å². The minimum Gasteiger partial charge on any atom is -0.443 e. The lowest BCUT2D eigenvalue weighted by Crippen LogP contribution is -2.41. The first-order valence-electron chi connectivity index (χ1n) is 12.4. The topological polar surface area (TPSA) is 91.8 Å². The van der Waals surface area contributed by atoms with Crippen LogP contribution in [0, 0.1) is 17.5 Å². The number of halogens is 4. The van der Waals surface area contributed by atoms with E-state index in [1.165, 1.54) is 37.7 Å². The molecule has 0 unspecified atom stereocenters. The van der Waals surface area contributed by atoms with Gasteiger partial charge in [0.05, 0.1) is 15.7 Å². The van der Waals surface area contributed by atoms with Crippen molar-refractivity contribution in [3.05, 3.63) is 68.2 Å². The first-order chi connectivity index (χ1) is 18.8. The van der Waals surface area contributed by atoms with Gasteiger partial charge in [0.15, 0.2) is 16.5 Å². The van der Waals surface area contributed by atoms with Crippen molar-refractivity contribution in [3.63, 3.8) is 0 Å². The molecule has 0 aliphatic carbocycles. The van der Waals surface area contributed by atoms with Crippen molar-refractivity contribution in [3.8, 4) is 0 Å². The number of thiazole rings is 1. The number of ether oxygens (including phenoxy) is 1. The average Bonchev–Trinajstić information content (AvgIpc) is 3.33. The van der Waals surface area contributed by atoms with Gasteiger partial charge >= 0.3 is 6.09 Å². The van der Waals surface area contributed by atoms with Crippen molar-refractivity contribution in [2.24, 2.45) is 0 Å². The van der Waals surface area contributed by atoms with Crippen LogP contribution in [-0.4, -0.2) is 42.6 Å². The Morgan fingerprint density at radius 1 is 1.12 bits per heavy atom. The van der Waals surface area contributed by atoms with E-state index in [0.29, 0.717) is 12.1 Å². The van der Waals surface area contributed by atoms with Crippen molar-refractivity contribution >= 4 is 54.9 Å². The first kappa shape index (κ1) is 32.8. The summed E-state index contributed by atoms with van der Waals surface area (Å²) in [4.78, 5) is 17.4. The number of hydrogen-bond donors (Lipinski definition) is 1. The lowest BCUT2D eigenvalue weighted by molar-refractivity contribution is 0.0608. The molecular weight excluding hydrogens is 645 g/mol. The molecule has 1 amide bonds. The second-order valence-corrected chi connectivity index (χ2v) is 14.5. The van der Waals surface area contributed by atoms with E-state index in [2.05, 4.69) is 26.2 Å². The molecule has 224 valence electrons. The Hall–Kier alpha value is -2.68. The molecule has 3 aromatic rings. The molecule has 0 radical (unpaired) electrons. The number of sulfonamides is 1. The Balaban J connectivity index is 2.00. The molecule has 1 heterocycles. The summed E-state index contributed by atoms with van der Waals surface area (Å²) in [6.07, 6.45) is -1.38. The molecule has 0 atom stereocenters. The van der Waals surface area contributed by atoms with Gasteiger partial charge in [-0.3, -0.25) is 4.90 Å². The maximum absolute atomic E-state index is 15.6. The van der Waals surface area contributed by atoms with Gasteiger partial charge < -0.3 is 10.1 Å². The summed E-state index contributed by atoms with van der Waals surface area (Å²) in [6, 6.07) is 5.39. The van der Waals surface area contributed by atoms with Crippen LogP contribution in [0.5, 0.6) is 0 Å². The Morgan fingerprint density at radius 3 is 2.34 bits per heavy atom. The lowest BCUT2D eigenvalue weighted by atomic mass is 10.0. The van der Waals surface area contributed by atoms with E-state index in [1.807, 2.05) is 32.7 Å². The summed E-state index contributed by atoms with van der Waals surface area (Å²) in [7, 11) is -3.28. The maximum Gasteiger partial charge on any atom is 0.430 e. The number of aromatic nitrogens is 1. The maximum atomic E-state index is 15.6. The fourth-order valence-corrected chi connectivity index (χ4v) is 6.15. The molecular formula is C27H32BrF3N4O4S2. The SMILES string of the molecule is CN(Cc1cccc(F)c1CNc1cc(F)c(S(=O)(=O)N(C(=O)OC(C)(C)C)c2cscn2)c(F)c1Br)C(C)(C)C. The Labute approximate surface area is 250 Å². The zero-order valence-corrected chi connectivity index (χ0v) is 26.9. The number of amides is 1. The predicted octanol–water partition coefficient (Wildman–Crippen LogP) is 7.30. The van der Waals surface area contributed by atoms with Crippen LogP contribution in [0.15, 0.2) is 44.5 Å². The molecule has 8 nitrogen and oxygen atoms in total. The van der Waals surface area contributed by atoms with Crippen molar-refractivity contribution < 1.29 is 31.1 Å². The predicted molar refractivity (Wildman–Crippen MR) is 157 cm³/mol. The highest BCUT2D eigenvalue weighted by Crippen LogP contribution is 2.36. The molecule has 1 N–H and O–H groups in total.